The van der Waals surface area contributed by atoms with E-state index in [0.717, 1.165) is 89.2 Å². The Hall–Kier alpha value is -16.3. The van der Waals surface area contributed by atoms with Crippen molar-refractivity contribution in [1.82, 2.24) is 47.3 Å². The molecule has 0 bridgehead atoms. The van der Waals surface area contributed by atoms with Crippen LogP contribution in [-0.2, 0) is 0 Å². The maximum atomic E-state index is 5.20. The van der Waals surface area contributed by atoms with Gasteiger partial charge >= 0.3 is 0 Å². The fraction of sp³-hybridized carbons (Fsp3) is 0. The van der Waals surface area contributed by atoms with Gasteiger partial charge in [0.05, 0.1) is 71.9 Å². The summed E-state index contributed by atoms with van der Waals surface area (Å²) in [5.74, 6) is 1.83. The monoisotopic (exact) mass is 1530 g/mol. The van der Waals surface area contributed by atoms with Crippen LogP contribution in [0.4, 0.5) is 0 Å². The largest absolute Gasteiger partial charge is 0.309 e. The van der Waals surface area contributed by atoms with Gasteiger partial charge in [-0.05, 0) is 168 Å². The lowest BCUT2D eigenvalue weighted by atomic mass is 9.95. The van der Waals surface area contributed by atoms with Crippen LogP contribution >= 0.6 is 0 Å². The van der Waals surface area contributed by atoms with Gasteiger partial charge in [-0.2, -0.15) is 9.97 Å². The van der Waals surface area contributed by atoms with Crippen LogP contribution < -0.4 is 0 Å². The molecule has 0 aliphatic rings. The second-order valence-electron chi connectivity index (χ2n) is 30.8. The lowest BCUT2D eigenvalue weighted by Gasteiger charge is -2.12. The highest BCUT2D eigenvalue weighted by atomic mass is 15.2. The molecule has 0 N–H and O–H groups in total. The Labute approximate surface area is 689 Å². The van der Waals surface area contributed by atoms with Gasteiger partial charge in [0.2, 0.25) is 5.95 Å². The quantitative estimate of drug-likeness (QED) is 0.129. The Morgan fingerprint density at radius 1 is 0.167 bits per heavy atom. The molecule has 560 valence electrons. The van der Waals surface area contributed by atoms with E-state index >= 15 is 0 Å². The predicted molar refractivity (Wildman–Crippen MR) is 497 cm³/mol. The van der Waals surface area contributed by atoms with Crippen molar-refractivity contribution in [3.63, 3.8) is 0 Å². The van der Waals surface area contributed by atoms with E-state index in [4.69, 9.17) is 15.0 Å². The first kappa shape index (κ1) is 68.1. The number of aromatic nitrogens is 10. The van der Waals surface area contributed by atoms with E-state index in [1.54, 1.807) is 0 Å². The molecule has 25 rings (SSSR count). The minimum Gasteiger partial charge on any atom is -0.309 e. The molecule has 8 heterocycles. The molecule has 17 aromatic carbocycles. The van der Waals surface area contributed by atoms with Crippen LogP contribution in [0.25, 0.3) is 222 Å². The minimum absolute atomic E-state index is 0.574. The van der Waals surface area contributed by atoms with Gasteiger partial charge in [-0.1, -0.05) is 273 Å². The molecule has 10 heteroatoms. The number of benzene rings is 17. The molecule has 0 amide bonds. The van der Waals surface area contributed by atoms with E-state index in [2.05, 4.69) is 402 Å². The minimum atomic E-state index is 0.574. The Kier molecular flexibility index (Phi) is 15.7. The Morgan fingerprint density at radius 2 is 0.450 bits per heavy atom. The number of fused-ring (bicyclic) bond motifs is 18. The number of pyridine rings is 1. The molecule has 0 saturated heterocycles. The standard InChI is InChI=1S/C57H36N6.C53H34N4/c1-4-18-37(19-5-1)55-58-56(38-20-6-2-7-21-38)60-57(59-55)63-49-31-15-12-26-45(49)54-43(28-17-33-52(54)63)42-27-16-32-51-53(42)44-25-11-14-30-48(44)62(51)40-34-35-50-46(36-40)41-24-10-13-29-47(41)61(50)39-22-8-3-9-23-39;1-2-14-36(15-3-1)55-46-22-7-4-16-39(46)44-34-38(31-32-49(44)55)57-48-24-9-6-18-43(48)53-41(20-13-26-51(53)57)40-19-12-25-50-52(40)42-17-5-8-23-47(42)56(50)37-29-27-35(28-30-37)45-21-10-11-33-54-45/h1-36H;1-34H. The summed E-state index contributed by atoms with van der Waals surface area (Å²) in [6, 6.07) is 150. The van der Waals surface area contributed by atoms with Crippen LogP contribution in [0.5, 0.6) is 0 Å². The lowest BCUT2D eigenvalue weighted by Crippen LogP contribution is -2.06. The fourth-order valence-corrected chi connectivity index (χ4v) is 19.1. The summed E-state index contributed by atoms with van der Waals surface area (Å²) in [5.41, 5.74) is 28.3. The maximum Gasteiger partial charge on any atom is 0.238 e. The number of rotatable bonds is 11. The van der Waals surface area contributed by atoms with Gasteiger partial charge in [-0.3, -0.25) is 9.55 Å². The van der Waals surface area contributed by atoms with Crippen molar-refractivity contribution >= 4 is 131 Å². The molecule has 0 unspecified atom stereocenters. The van der Waals surface area contributed by atoms with E-state index in [1.165, 1.54) is 115 Å². The SMILES string of the molecule is c1ccc(-c2nc(-c3ccccc3)nc(-n3c4ccccc4c4c(-c5cccc6c5c5ccccc5n6-c5ccc6c(c5)c5ccccc5n6-c5ccccc5)cccc43)n2)cc1.c1ccc(-n2c3ccccc3c3cc(-n4c5ccccc5c5c(-c6cccc7c6c6ccccc6n7-c6ccc(-c7ccccn7)cc6)cccc54)ccc32)cc1. The third kappa shape index (κ3) is 10.8. The zero-order chi connectivity index (χ0) is 78.9. The van der Waals surface area contributed by atoms with Gasteiger partial charge in [-0.15, -0.1) is 0 Å². The molecule has 25 aromatic rings. The second kappa shape index (κ2) is 27.7. The summed E-state index contributed by atoms with van der Waals surface area (Å²) in [5, 5.41) is 14.6. The molecule has 10 nitrogen and oxygen atoms in total. The fourth-order valence-electron chi connectivity index (χ4n) is 19.1. The highest BCUT2D eigenvalue weighted by molar-refractivity contribution is 6.25. The molecule has 8 aromatic heterocycles. The topological polar surface area (TPSA) is 81.1 Å². The Morgan fingerprint density at radius 3 is 0.833 bits per heavy atom. The van der Waals surface area contributed by atoms with E-state index in [1.807, 2.05) is 54.7 Å². The van der Waals surface area contributed by atoms with Crippen molar-refractivity contribution in [2.24, 2.45) is 0 Å². The summed E-state index contributed by atoms with van der Waals surface area (Å²) < 4.78 is 14.3. The first-order chi connectivity index (χ1) is 59.6. The van der Waals surface area contributed by atoms with E-state index < -0.39 is 0 Å². The molecule has 0 fully saturated rings. The van der Waals surface area contributed by atoms with Crippen molar-refractivity contribution < 1.29 is 0 Å². The van der Waals surface area contributed by atoms with Crippen LogP contribution in [0.3, 0.4) is 0 Å². The van der Waals surface area contributed by atoms with Crippen LogP contribution in [0.2, 0.25) is 0 Å². The zero-order valence-corrected chi connectivity index (χ0v) is 64.9. The van der Waals surface area contributed by atoms with Gasteiger partial charge in [0.1, 0.15) is 0 Å². The normalized spacial score (nSPS) is 11.8. The Balaban J connectivity index is 0.000000137. The average Bonchev–Trinajstić information content (AvgIpc) is 1.58. The summed E-state index contributed by atoms with van der Waals surface area (Å²) in [7, 11) is 0. The van der Waals surface area contributed by atoms with Crippen molar-refractivity contribution in [2.45, 2.75) is 0 Å². The van der Waals surface area contributed by atoms with Crippen molar-refractivity contribution in [3.8, 4) is 90.7 Å². The smallest absolute Gasteiger partial charge is 0.238 e. The molecule has 0 atom stereocenters. The van der Waals surface area contributed by atoms with E-state index in [9.17, 15) is 0 Å². The number of hydrogen-bond acceptors (Lipinski definition) is 4. The van der Waals surface area contributed by atoms with Gasteiger partial charge in [-0.25, -0.2) is 4.98 Å². The number of para-hydroxylation sites is 8. The molecule has 0 aliphatic heterocycles. The number of nitrogens with zero attached hydrogens (tertiary/aromatic N) is 10. The van der Waals surface area contributed by atoms with Crippen molar-refractivity contribution in [3.05, 3.63) is 425 Å². The maximum absolute atomic E-state index is 5.20. The van der Waals surface area contributed by atoms with Crippen LogP contribution in [0, 0.1) is 0 Å². The summed E-state index contributed by atoms with van der Waals surface area (Å²) in [4.78, 5) is 20.0. The number of hydrogen-bond donors (Lipinski definition) is 0. The van der Waals surface area contributed by atoms with E-state index in [-0.39, 0.29) is 0 Å². The predicted octanol–water partition coefficient (Wildman–Crippen LogP) is 27.9. The third-order valence-corrected chi connectivity index (χ3v) is 24.2. The first-order valence-electron chi connectivity index (χ1n) is 40.8. The molecule has 0 radical (unpaired) electrons. The van der Waals surface area contributed by atoms with E-state index in [0.29, 0.717) is 17.6 Å². The molecule has 0 spiro atoms. The third-order valence-electron chi connectivity index (χ3n) is 24.2. The van der Waals surface area contributed by atoms with Gasteiger partial charge in [0, 0.05) is 116 Å². The second-order valence-corrected chi connectivity index (χ2v) is 30.8. The van der Waals surface area contributed by atoms with Gasteiger partial charge in [0.15, 0.2) is 11.6 Å². The highest BCUT2D eigenvalue weighted by Gasteiger charge is 2.27. The van der Waals surface area contributed by atoms with Crippen LogP contribution in [0.1, 0.15) is 0 Å². The van der Waals surface area contributed by atoms with Crippen LogP contribution in [0.15, 0.2) is 425 Å². The highest BCUT2D eigenvalue weighted by Crippen LogP contribution is 2.48. The summed E-state index contributed by atoms with van der Waals surface area (Å²) in [6.07, 6.45) is 1.85. The lowest BCUT2D eigenvalue weighted by molar-refractivity contribution is 0.953. The first-order valence-corrected chi connectivity index (χ1v) is 40.8. The summed E-state index contributed by atoms with van der Waals surface area (Å²) in [6.45, 7) is 0. The molecular formula is C110H70N10. The van der Waals surface area contributed by atoms with Crippen LogP contribution in [-0.4, -0.2) is 47.3 Å². The van der Waals surface area contributed by atoms with Crippen molar-refractivity contribution in [1.29, 1.82) is 0 Å². The molecular weight excluding hydrogens is 1460 g/mol. The molecule has 120 heavy (non-hydrogen) atoms. The van der Waals surface area contributed by atoms with Crippen molar-refractivity contribution in [2.75, 3.05) is 0 Å². The molecule has 0 aliphatic carbocycles. The Bertz CT molecular complexity index is 8320. The zero-order valence-electron chi connectivity index (χ0n) is 64.9. The summed E-state index contributed by atoms with van der Waals surface area (Å²) >= 11 is 0. The van der Waals surface area contributed by atoms with Gasteiger partial charge < -0.3 is 22.8 Å². The molecule has 0 saturated carbocycles. The van der Waals surface area contributed by atoms with Gasteiger partial charge in [0.25, 0.3) is 0 Å². The average molecular weight is 1530 g/mol.